The van der Waals surface area contributed by atoms with Gasteiger partial charge >= 0.3 is 0 Å². The van der Waals surface area contributed by atoms with Crippen LogP contribution < -0.4 is 5.32 Å². The molecule has 0 bridgehead atoms. The summed E-state index contributed by atoms with van der Waals surface area (Å²) < 4.78 is 24.1. The zero-order chi connectivity index (χ0) is 15.5. The molecule has 0 aromatic heterocycles. The SMILES string of the molecule is CCCCOCCOCC(O)CNc1c(F)cccc1Cl. The van der Waals surface area contributed by atoms with Crippen molar-refractivity contribution in [3.05, 3.63) is 29.0 Å². The Hall–Kier alpha value is -0.880. The second-order valence-electron chi connectivity index (χ2n) is 4.67. The van der Waals surface area contributed by atoms with Crippen LogP contribution >= 0.6 is 11.6 Å². The van der Waals surface area contributed by atoms with Crippen molar-refractivity contribution in [3.63, 3.8) is 0 Å². The highest BCUT2D eigenvalue weighted by molar-refractivity contribution is 6.33. The number of para-hydroxylation sites is 1. The lowest BCUT2D eigenvalue weighted by molar-refractivity contribution is 0.00748. The number of nitrogens with one attached hydrogen (secondary N) is 1. The monoisotopic (exact) mass is 319 g/mol. The minimum Gasteiger partial charge on any atom is -0.389 e. The summed E-state index contributed by atoms with van der Waals surface area (Å²) in [5, 5.41) is 12.8. The molecule has 0 aliphatic rings. The summed E-state index contributed by atoms with van der Waals surface area (Å²) in [7, 11) is 0. The normalized spacial score (nSPS) is 12.4. The molecule has 0 radical (unpaired) electrons. The summed E-state index contributed by atoms with van der Waals surface area (Å²) in [6.07, 6.45) is 1.40. The maximum Gasteiger partial charge on any atom is 0.147 e. The molecule has 0 fully saturated rings. The highest BCUT2D eigenvalue weighted by atomic mass is 35.5. The van der Waals surface area contributed by atoms with Crippen molar-refractivity contribution in [2.75, 3.05) is 38.3 Å². The molecule has 1 atom stereocenters. The lowest BCUT2D eigenvalue weighted by Gasteiger charge is -2.14. The number of ether oxygens (including phenoxy) is 2. The first-order valence-electron chi connectivity index (χ1n) is 7.16. The third-order valence-corrected chi connectivity index (χ3v) is 3.12. The van der Waals surface area contributed by atoms with Gasteiger partial charge in [0.15, 0.2) is 0 Å². The van der Waals surface area contributed by atoms with Crippen LogP contribution in [0.2, 0.25) is 5.02 Å². The van der Waals surface area contributed by atoms with E-state index in [2.05, 4.69) is 12.2 Å². The maximum absolute atomic E-state index is 13.5. The molecular formula is C15H23ClFNO3. The topological polar surface area (TPSA) is 50.7 Å². The summed E-state index contributed by atoms with van der Waals surface area (Å²) in [5.41, 5.74) is 0.195. The van der Waals surface area contributed by atoms with Gasteiger partial charge in [-0.3, -0.25) is 0 Å². The Labute approximate surface area is 130 Å². The van der Waals surface area contributed by atoms with E-state index in [1.807, 2.05) is 0 Å². The highest BCUT2D eigenvalue weighted by Crippen LogP contribution is 2.24. The highest BCUT2D eigenvalue weighted by Gasteiger charge is 2.09. The minimum atomic E-state index is -0.740. The standard InChI is InChI=1S/C15H23ClFNO3/c1-2-3-7-20-8-9-21-11-12(19)10-18-15-13(16)5-4-6-14(15)17/h4-6,12,18-19H,2-3,7-11H2,1H3. The Morgan fingerprint density at radius 1 is 1.29 bits per heavy atom. The lowest BCUT2D eigenvalue weighted by Crippen LogP contribution is -2.26. The van der Waals surface area contributed by atoms with E-state index in [1.54, 1.807) is 6.07 Å². The molecule has 0 aliphatic heterocycles. The Morgan fingerprint density at radius 3 is 2.76 bits per heavy atom. The molecule has 6 heteroatoms. The molecule has 0 aliphatic carbocycles. The molecule has 0 heterocycles. The average molecular weight is 320 g/mol. The van der Waals surface area contributed by atoms with E-state index in [1.165, 1.54) is 12.1 Å². The molecule has 0 saturated carbocycles. The van der Waals surface area contributed by atoms with E-state index in [4.69, 9.17) is 21.1 Å². The fraction of sp³-hybridized carbons (Fsp3) is 0.600. The quantitative estimate of drug-likeness (QED) is 0.615. The largest absolute Gasteiger partial charge is 0.389 e. The number of aliphatic hydroxyl groups is 1. The van der Waals surface area contributed by atoms with Crippen LogP contribution in [0.3, 0.4) is 0 Å². The van der Waals surface area contributed by atoms with Crippen LogP contribution in [0.5, 0.6) is 0 Å². The molecule has 1 unspecified atom stereocenters. The van der Waals surface area contributed by atoms with Gasteiger partial charge in [-0.05, 0) is 18.6 Å². The van der Waals surface area contributed by atoms with Crippen LogP contribution in [-0.4, -0.2) is 44.2 Å². The van der Waals surface area contributed by atoms with Crippen molar-refractivity contribution < 1.29 is 19.0 Å². The van der Waals surface area contributed by atoms with Gasteiger partial charge in [-0.25, -0.2) is 4.39 Å². The molecule has 0 amide bonds. The van der Waals surface area contributed by atoms with Gasteiger partial charge in [0.1, 0.15) is 5.82 Å². The molecule has 21 heavy (non-hydrogen) atoms. The van der Waals surface area contributed by atoms with E-state index in [9.17, 15) is 9.50 Å². The molecule has 1 aromatic rings. The molecule has 2 N–H and O–H groups in total. The third kappa shape index (κ3) is 7.62. The number of anilines is 1. The zero-order valence-electron chi connectivity index (χ0n) is 12.3. The molecule has 1 rings (SSSR count). The number of unbranched alkanes of at least 4 members (excludes halogenated alkanes) is 1. The van der Waals surface area contributed by atoms with Crippen molar-refractivity contribution >= 4 is 17.3 Å². The predicted octanol–water partition coefficient (Wildman–Crippen LogP) is 3.09. The molecule has 4 nitrogen and oxygen atoms in total. The van der Waals surface area contributed by atoms with Crippen LogP contribution in [0.1, 0.15) is 19.8 Å². The number of aliphatic hydroxyl groups excluding tert-OH is 1. The molecule has 120 valence electrons. The summed E-state index contributed by atoms with van der Waals surface area (Å²) in [6.45, 7) is 4.11. The van der Waals surface area contributed by atoms with Crippen molar-refractivity contribution in [2.45, 2.75) is 25.9 Å². The van der Waals surface area contributed by atoms with Gasteiger partial charge in [-0.2, -0.15) is 0 Å². The van der Waals surface area contributed by atoms with Gasteiger partial charge in [0.2, 0.25) is 0 Å². The number of hydrogen-bond acceptors (Lipinski definition) is 4. The Bertz CT molecular complexity index is 386. The Morgan fingerprint density at radius 2 is 2.05 bits per heavy atom. The first-order valence-corrected chi connectivity index (χ1v) is 7.54. The van der Waals surface area contributed by atoms with Crippen LogP contribution in [0.15, 0.2) is 18.2 Å². The molecule has 0 spiro atoms. The molecular weight excluding hydrogens is 297 g/mol. The summed E-state index contributed by atoms with van der Waals surface area (Å²) >= 11 is 5.87. The van der Waals surface area contributed by atoms with E-state index in [0.717, 1.165) is 19.4 Å². The first kappa shape index (κ1) is 18.2. The summed E-state index contributed by atoms with van der Waals surface area (Å²) in [4.78, 5) is 0. The zero-order valence-corrected chi connectivity index (χ0v) is 13.0. The predicted molar refractivity (Wildman–Crippen MR) is 82.5 cm³/mol. The van der Waals surface area contributed by atoms with Crippen LogP contribution in [0, 0.1) is 5.82 Å². The summed E-state index contributed by atoms with van der Waals surface area (Å²) in [5.74, 6) is -0.444. The van der Waals surface area contributed by atoms with Crippen LogP contribution in [0.4, 0.5) is 10.1 Å². The maximum atomic E-state index is 13.5. The number of halogens is 2. The third-order valence-electron chi connectivity index (χ3n) is 2.80. The molecule has 1 aromatic carbocycles. The average Bonchev–Trinajstić information content (AvgIpc) is 2.46. The van der Waals surface area contributed by atoms with Gasteiger partial charge in [-0.1, -0.05) is 31.0 Å². The van der Waals surface area contributed by atoms with Crippen molar-refractivity contribution in [1.29, 1.82) is 0 Å². The van der Waals surface area contributed by atoms with Gasteiger partial charge in [0.25, 0.3) is 0 Å². The number of rotatable bonds is 11. The van der Waals surface area contributed by atoms with Gasteiger partial charge in [-0.15, -0.1) is 0 Å². The second kappa shape index (κ2) is 10.8. The van der Waals surface area contributed by atoms with E-state index < -0.39 is 11.9 Å². The summed E-state index contributed by atoms with van der Waals surface area (Å²) in [6, 6.07) is 4.43. The fourth-order valence-electron chi connectivity index (χ4n) is 1.63. The lowest BCUT2D eigenvalue weighted by atomic mass is 10.3. The smallest absolute Gasteiger partial charge is 0.147 e. The van der Waals surface area contributed by atoms with Crippen LogP contribution in [0.25, 0.3) is 0 Å². The Kier molecular flexibility index (Phi) is 9.34. The van der Waals surface area contributed by atoms with Gasteiger partial charge in [0, 0.05) is 13.2 Å². The second-order valence-corrected chi connectivity index (χ2v) is 5.08. The van der Waals surface area contributed by atoms with Crippen LogP contribution in [-0.2, 0) is 9.47 Å². The first-order chi connectivity index (χ1) is 10.1. The number of hydrogen-bond donors (Lipinski definition) is 2. The Balaban J connectivity index is 2.12. The van der Waals surface area contributed by atoms with E-state index in [0.29, 0.717) is 13.2 Å². The van der Waals surface area contributed by atoms with Crippen molar-refractivity contribution in [1.82, 2.24) is 0 Å². The van der Waals surface area contributed by atoms with Gasteiger partial charge < -0.3 is 19.9 Å². The fourth-order valence-corrected chi connectivity index (χ4v) is 1.86. The number of benzene rings is 1. The van der Waals surface area contributed by atoms with E-state index in [-0.39, 0.29) is 23.9 Å². The van der Waals surface area contributed by atoms with Crippen molar-refractivity contribution in [2.24, 2.45) is 0 Å². The van der Waals surface area contributed by atoms with Gasteiger partial charge in [0.05, 0.1) is 36.6 Å². The molecule has 0 saturated heterocycles. The minimum absolute atomic E-state index is 0.163. The van der Waals surface area contributed by atoms with E-state index >= 15 is 0 Å². The van der Waals surface area contributed by atoms with Crippen molar-refractivity contribution in [3.8, 4) is 0 Å².